The Morgan fingerprint density at radius 2 is 1.58 bits per heavy atom. The van der Waals surface area contributed by atoms with Crippen LogP contribution < -0.4 is 5.73 Å². The highest BCUT2D eigenvalue weighted by atomic mass is 14.6. The molecule has 4 atom stereocenters. The average Bonchev–Trinajstić information content (AvgIpc) is 2.75. The molecule has 0 spiro atoms. The third-order valence-electron chi connectivity index (χ3n) is 4.34. The standard InChI is InChI=1S/C11H17N/c12-6-7-3-10-8-1-2-9(5-8)11(10)4-7/h1-2,7-11H,3-6,12H2. The summed E-state index contributed by atoms with van der Waals surface area (Å²) in [6.07, 6.45) is 9.24. The molecule has 0 radical (unpaired) electrons. The second kappa shape index (κ2) is 2.35. The number of nitrogens with two attached hydrogens (primary N) is 1. The molecule has 3 aliphatic carbocycles. The quantitative estimate of drug-likeness (QED) is 0.586. The summed E-state index contributed by atoms with van der Waals surface area (Å²) in [5.41, 5.74) is 5.73. The molecule has 66 valence electrons. The Bertz CT molecular complexity index is 201. The Kier molecular flexibility index (Phi) is 1.40. The molecule has 2 fully saturated rings. The molecule has 12 heavy (non-hydrogen) atoms. The molecular weight excluding hydrogens is 146 g/mol. The van der Waals surface area contributed by atoms with Gasteiger partial charge in [0.25, 0.3) is 0 Å². The fourth-order valence-electron chi connectivity index (χ4n) is 3.78. The first-order valence-electron chi connectivity index (χ1n) is 5.27. The van der Waals surface area contributed by atoms with Gasteiger partial charge in [-0.25, -0.2) is 0 Å². The molecule has 2 N–H and O–H groups in total. The van der Waals surface area contributed by atoms with E-state index in [2.05, 4.69) is 12.2 Å². The Morgan fingerprint density at radius 1 is 1.00 bits per heavy atom. The zero-order valence-electron chi connectivity index (χ0n) is 7.45. The van der Waals surface area contributed by atoms with Crippen molar-refractivity contribution in [3.63, 3.8) is 0 Å². The molecule has 0 aliphatic heterocycles. The number of hydrogen-bond donors (Lipinski definition) is 1. The highest BCUT2D eigenvalue weighted by Crippen LogP contribution is 2.56. The van der Waals surface area contributed by atoms with Crippen LogP contribution in [0.4, 0.5) is 0 Å². The van der Waals surface area contributed by atoms with Crippen LogP contribution in [-0.4, -0.2) is 6.54 Å². The van der Waals surface area contributed by atoms with Gasteiger partial charge < -0.3 is 5.73 Å². The molecule has 1 nitrogen and oxygen atoms in total. The van der Waals surface area contributed by atoms with E-state index in [4.69, 9.17) is 5.73 Å². The summed E-state index contributed by atoms with van der Waals surface area (Å²) in [6.45, 7) is 0.923. The van der Waals surface area contributed by atoms with Crippen molar-refractivity contribution >= 4 is 0 Å². The molecule has 0 aromatic heterocycles. The maximum Gasteiger partial charge on any atom is -0.00486 e. The molecule has 3 aliphatic rings. The Labute approximate surface area is 74.0 Å². The van der Waals surface area contributed by atoms with Gasteiger partial charge in [-0.1, -0.05) is 12.2 Å². The van der Waals surface area contributed by atoms with E-state index >= 15 is 0 Å². The summed E-state index contributed by atoms with van der Waals surface area (Å²) in [4.78, 5) is 0. The Hall–Kier alpha value is -0.300. The van der Waals surface area contributed by atoms with Gasteiger partial charge in [0, 0.05) is 0 Å². The van der Waals surface area contributed by atoms with Crippen LogP contribution in [-0.2, 0) is 0 Å². The van der Waals surface area contributed by atoms with Crippen LogP contribution >= 0.6 is 0 Å². The second-order valence-corrected chi connectivity index (χ2v) is 4.85. The van der Waals surface area contributed by atoms with E-state index in [0.717, 1.165) is 36.1 Å². The van der Waals surface area contributed by atoms with E-state index in [1.807, 2.05) is 0 Å². The minimum absolute atomic E-state index is 0.852. The molecular formula is C11H17N. The van der Waals surface area contributed by atoms with Crippen LogP contribution in [0.5, 0.6) is 0 Å². The van der Waals surface area contributed by atoms with Crippen molar-refractivity contribution in [1.29, 1.82) is 0 Å². The van der Waals surface area contributed by atoms with Crippen molar-refractivity contribution in [2.24, 2.45) is 35.3 Å². The zero-order chi connectivity index (χ0) is 8.13. The largest absolute Gasteiger partial charge is 0.330 e. The predicted octanol–water partition coefficient (Wildman–Crippen LogP) is 1.79. The summed E-state index contributed by atoms with van der Waals surface area (Å²) < 4.78 is 0. The van der Waals surface area contributed by atoms with Crippen molar-refractivity contribution in [2.75, 3.05) is 6.54 Å². The van der Waals surface area contributed by atoms with Crippen molar-refractivity contribution in [2.45, 2.75) is 19.3 Å². The van der Waals surface area contributed by atoms with Crippen LogP contribution in [0.15, 0.2) is 12.2 Å². The lowest BCUT2D eigenvalue weighted by Gasteiger charge is -2.19. The van der Waals surface area contributed by atoms with Gasteiger partial charge in [-0.05, 0) is 55.4 Å². The normalized spacial score (nSPS) is 54.9. The van der Waals surface area contributed by atoms with E-state index in [-0.39, 0.29) is 0 Å². The van der Waals surface area contributed by atoms with Crippen LogP contribution in [0, 0.1) is 29.6 Å². The average molecular weight is 163 g/mol. The first-order valence-corrected chi connectivity index (χ1v) is 5.27. The van der Waals surface area contributed by atoms with Crippen molar-refractivity contribution < 1.29 is 0 Å². The molecule has 0 heterocycles. The smallest absolute Gasteiger partial charge is 0.00486 e. The van der Waals surface area contributed by atoms with Crippen LogP contribution in [0.25, 0.3) is 0 Å². The summed E-state index contributed by atoms with van der Waals surface area (Å²) >= 11 is 0. The molecule has 1 heteroatoms. The Balaban J connectivity index is 1.82. The van der Waals surface area contributed by atoms with Crippen molar-refractivity contribution in [3.8, 4) is 0 Å². The van der Waals surface area contributed by atoms with Gasteiger partial charge in [0.15, 0.2) is 0 Å². The monoisotopic (exact) mass is 163 g/mol. The highest BCUT2D eigenvalue weighted by molar-refractivity contribution is 5.15. The number of rotatable bonds is 1. The molecule has 0 aromatic carbocycles. The van der Waals surface area contributed by atoms with E-state index < -0.39 is 0 Å². The van der Waals surface area contributed by atoms with Gasteiger partial charge in [0.05, 0.1) is 0 Å². The lowest BCUT2D eigenvalue weighted by molar-refractivity contribution is 0.364. The van der Waals surface area contributed by atoms with Crippen LogP contribution in [0.3, 0.4) is 0 Å². The lowest BCUT2D eigenvalue weighted by atomic mass is 9.86. The first-order chi connectivity index (χ1) is 5.88. The summed E-state index contributed by atoms with van der Waals surface area (Å²) in [5.74, 6) is 4.78. The molecule has 0 aromatic rings. The summed E-state index contributed by atoms with van der Waals surface area (Å²) in [6, 6.07) is 0. The fourth-order valence-corrected chi connectivity index (χ4v) is 3.78. The summed E-state index contributed by atoms with van der Waals surface area (Å²) in [5, 5.41) is 0. The second-order valence-electron chi connectivity index (χ2n) is 4.85. The maximum absolute atomic E-state index is 5.73. The predicted molar refractivity (Wildman–Crippen MR) is 49.5 cm³/mol. The minimum Gasteiger partial charge on any atom is -0.330 e. The highest BCUT2D eigenvalue weighted by Gasteiger charge is 2.48. The first kappa shape index (κ1) is 7.14. The molecule has 3 rings (SSSR count). The third kappa shape index (κ3) is 0.779. The van der Waals surface area contributed by atoms with Crippen molar-refractivity contribution in [1.82, 2.24) is 0 Å². The van der Waals surface area contributed by atoms with Gasteiger partial charge in [0.2, 0.25) is 0 Å². The molecule has 4 unspecified atom stereocenters. The summed E-state index contributed by atoms with van der Waals surface area (Å²) in [7, 11) is 0. The number of hydrogen-bond acceptors (Lipinski definition) is 1. The van der Waals surface area contributed by atoms with E-state index in [1.165, 1.54) is 19.3 Å². The number of fused-ring (bicyclic) bond motifs is 5. The number of allylic oxidation sites excluding steroid dienone is 2. The zero-order valence-corrected chi connectivity index (χ0v) is 7.45. The lowest BCUT2D eigenvalue weighted by Crippen LogP contribution is -2.12. The van der Waals surface area contributed by atoms with Gasteiger partial charge in [-0.3, -0.25) is 0 Å². The van der Waals surface area contributed by atoms with Gasteiger partial charge in [-0.2, -0.15) is 0 Å². The molecule has 2 bridgehead atoms. The van der Waals surface area contributed by atoms with Crippen LogP contribution in [0.1, 0.15) is 19.3 Å². The van der Waals surface area contributed by atoms with E-state index in [0.29, 0.717) is 0 Å². The maximum atomic E-state index is 5.73. The SMILES string of the molecule is NCC1CC2C3C=CC(C3)C2C1. The van der Waals surface area contributed by atoms with Gasteiger partial charge in [0.1, 0.15) is 0 Å². The fraction of sp³-hybridized carbons (Fsp3) is 0.818. The van der Waals surface area contributed by atoms with Crippen molar-refractivity contribution in [3.05, 3.63) is 12.2 Å². The van der Waals surface area contributed by atoms with Crippen LogP contribution in [0.2, 0.25) is 0 Å². The topological polar surface area (TPSA) is 26.0 Å². The van der Waals surface area contributed by atoms with E-state index in [9.17, 15) is 0 Å². The third-order valence-corrected chi connectivity index (χ3v) is 4.34. The molecule has 2 saturated carbocycles. The van der Waals surface area contributed by atoms with Gasteiger partial charge >= 0.3 is 0 Å². The molecule has 0 amide bonds. The van der Waals surface area contributed by atoms with Gasteiger partial charge in [-0.15, -0.1) is 0 Å². The Morgan fingerprint density at radius 3 is 2.08 bits per heavy atom. The minimum atomic E-state index is 0.852. The van der Waals surface area contributed by atoms with E-state index in [1.54, 1.807) is 0 Å². The molecule has 0 saturated heterocycles.